The van der Waals surface area contributed by atoms with E-state index in [0.717, 1.165) is 6.33 Å². The highest BCUT2D eigenvalue weighted by Crippen LogP contribution is 2.60. The quantitative estimate of drug-likeness (QED) is 0.0794. The molecule has 9 aromatic heterocycles. The van der Waals surface area contributed by atoms with Gasteiger partial charge in [0, 0.05) is 45.0 Å². The lowest BCUT2D eigenvalue weighted by molar-refractivity contribution is -0.0675. The van der Waals surface area contributed by atoms with Crippen molar-refractivity contribution in [3.8, 4) is 0 Å². The number of rotatable bonds is 7. The van der Waals surface area contributed by atoms with Crippen LogP contribution in [-0.4, -0.2) is 325 Å². The van der Waals surface area contributed by atoms with E-state index in [4.69, 9.17) is 152 Å². The highest BCUT2D eigenvalue weighted by atomic mass is 32.5. The Bertz CT molecular complexity index is 6620. The molecule has 12 aliphatic rings. The van der Waals surface area contributed by atoms with Crippen LogP contribution in [-0.2, 0) is 144 Å². The first-order chi connectivity index (χ1) is 64.5. The molecular formula is C64H72F2N24O36P6S4. The summed E-state index contributed by atoms with van der Waals surface area (Å²) in [6, 6.07) is 0. The number of methoxy groups -OCH3 is 1. The number of nitrogens with one attached hydrogen (secondary N) is 3. The molecule has 12 aliphatic heterocycles. The minimum Gasteiger partial charge on any atom is -0.387 e. The number of phosphoric acid groups is 2. The minimum absolute atomic E-state index is 0.0212. The van der Waals surface area contributed by atoms with Crippen molar-refractivity contribution >= 4 is 195 Å². The average Bonchev–Trinajstić information content (AvgIpc) is 1.62. The predicted molar refractivity (Wildman–Crippen MR) is 458 cm³/mol. The van der Waals surface area contributed by atoms with Crippen molar-refractivity contribution in [3.63, 3.8) is 0 Å². The van der Waals surface area contributed by atoms with Gasteiger partial charge in [-0.25, -0.2) is 62.8 Å². The number of imidazole rings is 6. The van der Waals surface area contributed by atoms with E-state index in [0.29, 0.717) is 0 Å². The smallest absolute Gasteiger partial charge is 0.387 e. The number of nitrogens with two attached hydrogens (primary N) is 3. The van der Waals surface area contributed by atoms with E-state index in [2.05, 4.69) is 74.8 Å². The normalized spacial score (nSPS) is 38.6. The van der Waals surface area contributed by atoms with Gasteiger partial charge in [0.2, 0.25) is 17.8 Å². The summed E-state index contributed by atoms with van der Waals surface area (Å²) in [4.78, 5) is 195. The Morgan fingerprint density at radius 3 is 1.05 bits per heavy atom. The summed E-state index contributed by atoms with van der Waals surface area (Å²) in [5, 5.41) is 33.4. The van der Waals surface area contributed by atoms with Crippen LogP contribution in [0.2, 0.25) is 0 Å². The van der Waals surface area contributed by atoms with Gasteiger partial charge in [-0.05, 0) is 47.2 Å². The highest BCUT2D eigenvalue weighted by Gasteiger charge is 2.59. The van der Waals surface area contributed by atoms with Crippen LogP contribution in [0, 0.1) is 0 Å². The lowest BCUT2D eigenvalue weighted by Gasteiger charge is -2.27. The molecule has 6 unspecified atom stereocenters. The number of aliphatic hydroxyl groups excluding tert-OH is 3. The van der Waals surface area contributed by atoms with Crippen LogP contribution >= 0.6 is 42.5 Å². The molecule has 30 atom stereocenters. The summed E-state index contributed by atoms with van der Waals surface area (Å²) >= 11 is 20.7. The van der Waals surface area contributed by atoms with Crippen molar-refractivity contribution in [1.29, 1.82) is 0 Å². The van der Waals surface area contributed by atoms with Crippen LogP contribution in [0.1, 0.15) is 88.1 Å². The van der Waals surface area contributed by atoms with Gasteiger partial charge < -0.3 is 113 Å². The molecule has 0 radical (unpaired) electrons. The molecule has 9 aromatic rings. The third kappa shape index (κ3) is 18.7. The number of anilines is 3. The van der Waals surface area contributed by atoms with Gasteiger partial charge in [-0.15, -0.1) is 0 Å². The first-order valence-electron chi connectivity index (χ1n) is 39.8. The summed E-state index contributed by atoms with van der Waals surface area (Å²) < 4.78 is 172. The molecule has 21 heterocycles. The number of nitrogen functional groups attached to an aromatic ring is 3. The zero-order valence-electron chi connectivity index (χ0n) is 68.3. The topological polar surface area (TPSA) is 802 Å². The zero-order chi connectivity index (χ0) is 96.2. The Labute approximate surface area is 773 Å². The highest BCUT2D eigenvalue weighted by molar-refractivity contribution is 8.08. The molecule has 0 spiro atoms. The molecular weight excluding hydrogens is 2030 g/mol. The fraction of sp³-hybridized carbons (Fsp3) is 0.531. The van der Waals surface area contributed by atoms with Gasteiger partial charge in [-0.2, -0.15) is 15.0 Å². The predicted octanol–water partition coefficient (Wildman–Crippen LogP) is -1.66. The first kappa shape index (κ1) is 96.8. The van der Waals surface area contributed by atoms with Crippen LogP contribution in [0.15, 0.2) is 67.3 Å². The second-order valence-electron chi connectivity index (χ2n) is 31.1. The molecule has 732 valence electrons. The van der Waals surface area contributed by atoms with Crippen molar-refractivity contribution in [2.24, 2.45) is 15.0 Å². The maximum atomic E-state index is 16.0. The lowest BCUT2D eigenvalue weighted by Crippen LogP contribution is -2.37. The zero-order valence-corrected chi connectivity index (χ0v) is 77.0. The van der Waals surface area contributed by atoms with Crippen molar-refractivity contribution < 1.29 is 164 Å². The monoisotopic (exact) mass is 2100 g/mol. The van der Waals surface area contributed by atoms with Gasteiger partial charge in [0.1, 0.15) is 97.7 Å². The standard InChI is InChI=1S/C22H26N8O14P2.2C21H23FN8O11P2S2/c1-38-15-10-5-40-45(34,35)43-14-9(41-20(13(14)32)29-6-25-11-8(31)2-3-24-17(11)29)4-39-46(36,37)44-16(15)21(42-10)30-7-26-12-18(30)27-22(23)28-19(12)33;2*22-10-14-9(39-19(10)29-5-25-11-7(31)1-2-24-16(11)29)4-37-43(35,45)41-15-13(32)8(3-36-42(34,44)40-14)38-20(15)30-6-26-12-17(30)27-21(23)28-18(12)33/h3,6-7,9-10,13-16,20-21,32H,2,4-5H2,1H3,(H,34,35)(H,36,37)(H3,23,27,28,33);2*2,5-6,8-10,13-15,19-20,32H,1,3-4H2,(H,34,44)(H,35,45)(H3,23,27,28,33)/t9-,10-,13-,14-,15-,16-,20-,21-;2*8-,9-,10+,13-,14-,15-,19-,20-,42?,43?/m111/s1. The van der Waals surface area contributed by atoms with E-state index < -0.39 is 246 Å². The summed E-state index contributed by atoms with van der Waals surface area (Å²) in [5.74, 6) is -1.51. The number of nitrogens with zero attached hydrogens (tertiary/aromatic N) is 18. The van der Waals surface area contributed by atoms with Crippen LogP contribution in [0.4, 0.5) is 44.1 Å². The molecule has 9 saturated heterocycles. The van der Waals surface area contributed by atoms with Crippen molar-refractivity contribution in [2.75, 3.05) is 64.0 Å². The largest absolute Gasteiger partial charge is 0.472 e. The summed E-state index contributed by atoms with van der Waals surface area (Å²) in [7, 11) is -8.87. The van der Waals surface area contributed by atoms with Crippen LogP contribution < -0.4 is 33.9 Å². The summed E-state index contributed by atoms with van der Waals surface area (Å²) in [5.41, 5.74) is 14.7. The van der Waals surface area contributed by atoms with Gasteiger partial charge in [0.25, 0.3) is 16.7 Å². The molecule has 0 amide bonds. The second-order valence-corrected chi connectivity index (χ2v) is 45.0. The number of hydrogen-bond acceptors (Lipinski definition) is 49. The Kier molecular flexibility index (Phi) is 26.4. The number of ketones is 3. The molecule has 9 fully saturated rings. The number of hydrogen-bond donors (Lipinski definition) is 15. The molecule has 18 N–H and O–H groups in total. The molecule has 6 bridgehead atoms. The van der Waals surface area contributed by atoms with Crippen molar-refractivity contribution in [1.82, 2.24) is 87.2 Å². The van der Waals surface area contributed by atoms with E-state index in [-0.39, 0.29) is 122 Å². The van der Waals surface area contributed by atoms with Gasteiger partial charge in [-0.3, -0.25) is 107 Å². The number of Topliss-reactive ketones (excluding diaryl/α,β-unsaturated/α-hetero) is 3. The molecule has 0 aliphatic carbocycles. The van der Waals surface area contributed by atoms with Crippen LogP contribution in [0.25, 0.3) is 33.5 Å². The Hall–Kier alpha value is -8.10. The molecule has 0 aromatic carbocycles. The Morgan fingerprint density at radius 1 is 0.382 bits per heavy atom. The number of ether oxygens (including phenoxy) is 7. The number of carbonyl (C=O) groups excluding carboxylic acids is 3. The van der Waals surface area contributed by atoms with Crippen molar-refractivity contribution in [3.05, 3.63) is 86.1 Å². The number of fused-ring (bicyclic) bond motifs is 15. The number of halogens is 2. The van der Waals surface area contributed by atoms with Gasteiger partial charge >= 0.3 is 42.5 Å². The average molecular weight is 2110 g/mol. The van der Waals surface area contributed by atoms with E-state index >= 15 is 8.78 Å². The number of aliphatic imine (C=N–C) groups is 3. The van der Waals surface area contributed by atoms with E-state index in [1.54, 1.807) is 0 Å². The number of phosphoric ester groups is 2. The van der Waals surface area contributed by atoms with Gasteiger partial charge in [0.15, 0.2) is 135 Å². The van der Waals surface area contributed by atoms with E-state index in [9.17, 15) is 82.6 Å². The van der Waals surface area contributed by atoms with Crippen LogP contribution in [0.5, 0.6) is 0 Å². The van der Waals surface area contributed by atoms with Gasteiger partial charge in [0.05, 0.1) is 77.6 Å². The number of H-pyrrole nitrogens is 3. The number of aromatic amines is 3. The SMILES string of the molecule is CO[C@H]1[C@H]2OP(=O)(O)OC[C@H]3O[C@@H](n4cnc5c4N=CCC5=O)[C@H](O)[C@@H]3OP(=O)(O)OC[C@H]1O[C@H]2n1cnc2c(=O)[nH]c(N)nc21.Nc1nc2c(ncn2[C@@H]2O[C@@H]3COP(O)(=S)O[C@H]4[C@H](F)[C@H](n5cnc6c5N=CCC6=O)O[C@@H]4COP(O)(=S)O[C@@H]2[C@@H]3O)c(=O)[nH]1.Nc1nc2c(ncn2[C@@H]2O[C@@H]3COP(O)(=S)O[C@H]4[C@H](F)[C@H](n5cnc6c5N=CCC6=O)O[C@@H]4COP(O)(=S)O[C@@H]2[C@@H]3O)c(=O)[nH]1. The fourth-order valence-corrected chi connectivity index (χ4v) is 24.0. The Morgan fingerprint density at radius 2 is 0.676 bits per heavy atom. The Balaban J connectivity index is 0.000000131. The molecule has 0 saturated carbocycles. The first-order valence-corrected chi connectivity index (χ1v) is 53.1. The van der Waals surface area contributed by atoms with Crippen molar-refractivity contribution in [2.45, 2.75) is 167 Å². The molecule has 21 rings (SSSR count). The molecule has 72 heteroatoms. The number of carbonyl (C=O) groups is 3. The molecule has 136 heavy (non-hydrogen) atoms. The number of aliphatic hydroxyl groups is 3. The number of alkyl halides is 2. The summed E-state index contributed by atoms with van der Waals surface area (Å²) in [6.07, 6.45) is -24.6. The van der Waals surface area contributed by atoms with Gasteiger partial charge in [-0.1, -0.05) is 0 Å². The fourth-order valence-electron chi connectivity index (χ4n) is 16.5. The summed E-state index contributed by atoms with van der Waals surface area (Å²) in [6.45, 7) is -21.1. The van der Waals surface area contributed by atoms with E-state index in [1.807, 2.05) is 0 Å². The number of aromatic nitrogens is 18. The third-order valence-corrected chi connectivity index (χ3v) is 30.7. The molecule has 60 nitrogen and oxygen atoms in total. The maximum absolute atomic E-state index is 16.0. The second kappa shape index (κ2) is 37.1. The lowest BCUT2D eigenvalue weighted by atomic mass is 10.1. The maximum Gasteiger partial charge on any atom is 0.472 e. The van der Waals surface area contributed by atoms with Crippen LogP contribution in [0.3, 0.4) is 0 Å². The third-order valence-electron chi connectivity index (χ3n) is 22.5. The minimum atomic E-state index is -5.06. The van der Waals surface area contributed by atoms with E-state index in [1.165, 1.54) is 84.8 Å².